The zero-order valence-electron chi connectivity index (χ0n) is 42.8. The van der Waals surface area contributed by atoms with Crippen LogP contribution in [0.1, 0.15) is 114 Å². The maximum atomic E-state index is 13.9. The van der Waals surface area contributed by atoms with Gasteiger partial charge in [0.2, 0.25) is 59.1 Å². The van der Waals surface area contributed by atoms with Gasteiger partial charge in [-0.15, -0.1) is 0 Å². The zero-order valence-corrected chi connectivity index (χ0v) is 43.6. The van der Waals surface area contributed by atoms with Crippen molar-refractivity contribution in [3.63, 3.8) is 0 Å². The summed E-state index contributed by atoms with van der Waals surface area (Å²) < 4.78 is 0. The van der Waals surface area contributed by atoms with Crippen LogP contribution in [0, 0.1) is 17.8 Å². The lowest BCUT2D eigenvalue weighted by atomic mass is 9.97. The first-order chi connectivity index (χ1) is 33.1. The second kappa shape index (κ2) is 33.9. The summed E-state index contributed by atoms with van der Waals surface area (Å²) >= 11 is 1.36. The number of aliphatic carboxylic acids is 1. The van der Waals surface area contributed by atoms with Gasteiger partial charge in [0, 0.05) is 6.42 Å². The average Bonchev–Trinajstić information content (AvgIpc) is 3.29. The van der Waals surface area contributed by atoms with Gasteiger partial charge < -0.3 is 75.3 Å². The van der Waals surface area contributed by atoms with E-state index in [4.69, 9.17) is 17.2 Å². The largest absolute Gasteiger partial charge is 0.480 e. The van der Waals surface area contributed by atoms with Crippen LogP contribution >= 0.6 is 11.8 Å². The molecule has 10 amide bonds. The minimum absolute atomic E-state index is 0.0848. The molecule has 17 N–H and O–H groups in total. The molecule has 0 saturated carbocycles. The zero-order chi connectivity index (χ0) is 54.7. The number of thioether (sulfide) groups is 1. The Hall–Kier alpha value is -5.60. The van der Waals surface area contributed by atoms with Crippen LogP contribution in [0.25, 0.3) is 0 Å². The summed E-state index contributed by atoms with van der Waals surface area (Å²) in [6, 6.07) is -12.5. The fourth-order valence-electron chi connectivity index (χ4n) is 6.62. The molecule has 26 heteroatoms. The summed E-state index contributed by atoms with van der Waals surface area (Å²) in [7, 11) is 0. The molecule has 0 fully saturated rings. The van der Waals surface area contributed by atoms with Crippen LogP contribution in [0.4, 0.5) is 0 Å². The van der Waals surface area contributed by atoms with Gasteiger partial charge in [-0.3, -0.25) is 47.9 Å². The van der Waals surface area contributed by atoms with Gasteiger partial charge in [-0.05, 0) is 89.2 Å². The number of carbonyl (C=O) groups excluding carboxylic acids is 10. The lowest BCUT2D eigenvalue weighted by Gasteiger charge is -2.29. The summed E-state index contributed by atoms with van der Waals surface area (Å²) in [6.07, 6.45) is 3.35. The van der Waals surface area contributed by atoms with Crippen molar-refractivity contribution in [2.75, 3.05) is 25.2 Å². The van der Waals surface area contributed by atoms with Crippen molar-refractivity contribution in [1.29, 1.82) is 0 Å². The molecular formula is C45H82N12O13S. The van der Waals surface area contributed by atoms with Crippen LogP contribution in [0.15, 0.2) is 0 Å². The first kappa shape index (κ1) is 65.4. The topological polar surface area (TPSA) is 415 Å². The summed E-state index contributed by atoms with van der Waals surface area (Å²) in [6.45, 7) is 13.9. The fraction of sp³-hybridized carbons (Fsp3) is 0.756. The molecule has 0 aromatic heterocycles. The number of rotatable bonds is 35. The average molecular weight is 1030 g/mol. The van der Waals surface area contributed by atoms with Crippen LogP contribution in [-0.2, 0) is 52.7 Å². The number of aliphatic hydroxyl groups excluding tert-OH is 1. The highest BCUT2D eigenvalue weighted by Gasteiger charge is 2.36. The van der Waals surface area contributed by atoms with Crippen molar-refractivity contribution >= 4 is 76.8 Å². The Morgan fingerprint density at radius 1 is 0.535 bits per heavy atom. The summed E-state index contributed by atoms with van der Waals surface area (Å²) in [5, 5.41) is 41.2. The number of carbonyl (C=O) groups is 11. The number of primary amides is 1. The lowest BCUT2D eigenvalue weighted by molar-refractivity contribution is -0.143. The molecule has 71 heavy (non-hydrogen) atoms. The Labute approximate surface area is 420 Å². The van der Waals surface area contributed by atoms with Crippen molar-refractivity contribution in [1.82, 2.24) is 47.9 Å². The van der Waals surface area contributed by atoms with Gasteiger partial charge in [0.05, 0.1) is 12.6 Å². The minimum atomic E-state index is -1.61. The van der Waals surface area contributed by atoms with Crippen LogP contribution < -0.4 is 65.1 Å². The van der Waals surface area contributed by atoms with Crippen LogP contribution in [-0.4, -0.2) is 161 Å². The minimum Gasteiger partial charge on any atom is -0.480 e. The Kier molecular flexibility index (Phi) is 31.2. The number of nitrogens with one attached hydrogen (secondary N) is 9. The number of unbranched alkanes of at least 4 members (excludes halogenated alkanes) is 1. The number of hydrogen-bond donors (Lipinski definition) is 14. The molecule has 0 aliphatic carbocycles. The van der Waals surface area contributed by atoms with Crippen LogP contribution in [0.2, 0.25) is 0 Å². The third-order valence-electron chi connectivity index (χ3n) is 11.3. The molecule has 25 nitrogen and oxygen atoms in total. The van der Waals surface area contributed by atoms with Crippen LogP contribution in [0.5, 0.6) is 0 Å². The Balaban J connectivity index is 6.08. The van der Waals surface area contributed by atoms with Gasteiger partial charge in [-0.25, -0.2) is 4.79 Å². The molecule has 0 aliphatic rings. The highest BCUT2D eigenvalue weighted by atomic mass is 32.2. The molecule has 0 heterocycles. The van der Waals surface area contributed by atoms with E-state index in [1.807, 2.05) is 0 Å². The monoisotopic (exact) mass is 1030 g/mol. The Morgan fingerprint density at radius 2 is 0.972 bits per heavy atom. The smallest absolute Gasteiger partial charge is 0.328 e. The van der Waals surface area contributed by atoms with Crippen molar-refractivity contribution in [2.45, 2.75) is 174 Å². The molecule has 0 spiro atoms. The standard InChI is InChI=1S/C45H82N12O13S/c1-11-24(6)35(44(68)51-26(8)37(61)53-30(17-19-71-10)40(64)55-32(21-58)45(69)70)57-38(62)27(9)50-42(66)31(20-22(2)3)54-43(67)34(23(4)5)56-41(65)29(15-16-33(48)59)52-36(60)25(7)49-39(63)28(47)14-12-13-18-46/h22-32,34-35,58H,11-21,46-47H2,1-10H3,(H2,48,59)(H,49,63)(H,50,66)(H,51,68)(H,52,60)(H,53,61)(H,54,67)(H,55,64)(H,56,65)(H,57,62)(H,69,70)/t24-,25-,26-,27-,28-,29-,30-,31-,32-,34-,35-/m0/s1. The van der Waals surface area contributed by atoms with Crippen molar-refractivity contribution in [3.8, 4) is 0 Å². The van der Waals surface area contributed by atoms with Gasteiger partial charge in [-0.1, -0.05) is 54.4 Å². The van der Waals surface area contributed by atoms with Crippen molar-refractivity contribution < 1.29 is 63.0 Å². The summed E-state index contributed by atoms with van der Waals surface area (Å²) in [5.74, 6) is -10.1. The number of nitrogens with two attached hydrogens (primary N) is 3. The molecule has 0 aromatic carbocycles. The number of carboxylic acids is 1. The highest BCUT2D eigenvalue weighted by molar-refractivity contribution is 7.98. The molecule has 0 unspecified atom stereocenters. The van der Waals surface area contributed by atoms with Gasteiger partial charge in [0.25, 0.3) is 0 Å². The lowest BCUT2D eigenvalue weighted by Crippen LogP contribution is -2.61. The van der Waals surface area contributed by atoms with E-state index < -0.39 is 144 Å². The maximum absolute atomic E-state index is 13.9. The van der Waals surface area contributed by atoms with E-state index >= 15 is 0 Å². The quantitative estimate of drug-likeness (QED) is 0.0277. The van der Waals surface area contributed by atoms with Crippen LogP contribution in [0.3, 0.4) is 0 Å². The molecule has 11 atom stereocenters. The maximum Gasteiger partial charge on any atom is 0.328 e. The first-order valence-corrected chi connectivity index (χ1v) is 25.3. The van der Waals surface area contributed by atoms with E-state index in [2.05, 4.69) is 47.9 Å². The predicted octanol–water partition coefficient (Wildman–Crippen LogP) is -3.29. The second-order valence-corrected chi connectivity index (χ2v) is 19.4. The van der Waals surface area contributed by atoms with Gasteiger partial charge in [0.15, 0.2) is 0 Å². The molecule has 406 valence electrons. The fourth-order valence-corrected chi connectivity index (χ4v) is 7.09. The van der Waals surface area contributed by atoms with E-state index in [1.165, 1.54) is 32.5 Å². The molecular weight excluding hydrogens is 949 g/mol. The van der Waals surface area contributed by atoms with E-state index in [0.717, 1.165) is 0 Å². The number of carboxylic acid groups (broad SMARTS) is 1. The normalized spacial score (nSPS) is 15.9. The van der Waals surface area contributed by atoms with Gasteiger partial charge in [-0.2, -0.15) is 11.8 Å². The molecule has 0 saturated heterocycles. The van der Waals surface area contributed by atoms with E-state index in [1.54, 1.807) is 47.8 Å². The molecule has 0 rings (SSSR count). The van der Waals surface area contributed by atoms with Gasteiger partial charge in [0.1, 0.15) is 54.4 Å². The first-order valence-electron chi connectivity index (χ1n) is 24.0. The number of hydrogen-bond acceptors (Lipinski definition) is 15. The Morgan fingerprint density at radius 3 is 1.44 bits per heavy atom. The molecule has 0 bridgehead atoms. The van der Waals surface area contributed by atoms with E-state index in [-0.39, 0.29) is 31.6 Å². The van der Waals surface area contributed by atoms with Crippen molar-refractivity contribution in [3.05, 3.63) is 0 Å². The number of amides is 10. The molecule has 0 aromatic rings. The highest BCUT2D eigenvalue weighted by Crippen LogP contribution is 2.12. The van der Waals surface area contributed by atoms with Crippen molar-refractivity contribution in [2.24, 2.45) is 35.0 Å². The predicted molar refractivity (Wildman–Crippen MR) is 265 cm³/mol. The van der Waals surface area contributed by atoms with E-state index in [9.17, 15) is 63.0 Å². The summed E-state index contributed by atoms with van der Waals surface area (Å²) in [5.41, 5.74) is 16.8. The molecule has 0 aliphatic heterocycles. The number of aliphatic hydroxyl groups is 1. The van der Waals surface area contributed by atoms with E-state index in [0.29, 0.717) is 38.0 Å². The SMILES string of the molecule is CC[C@H](C)[C@H](NC(=O)[C@H](C)NC(=O)[C@H](CC(C)C)NC(=O)[C@@H](NC(=O)[C@H](CCC(N)=O)NC(=O)[C@H](C)NC(=O)[C@@H](N)CCCCN)C(C)C)C(=O)N[C@@H](C)C(=O)N[C@@H](CCSC)C(=O)N[C@@H](CO)C(=O)O. The third kappa shape index (κ3) is 24.9. The third-order valence-corrected chi connectivity index (χ3v) is 11.9. The second-order valence-electron chi connectivity index (χ2n) is 18.4. The Bertz CT molecular complexity index is 1810. The van der Waals surface area contributed by atoms with Gasteiger partial charge >= 0.3 is 5.97 Å². The molecule has 0 radical (unpaired) electrons. The summed E-state index contributed by atoms with van der Waals surface area (Å²) in [4.78, 5) is 144.